The van der Waals surface area contributed by atoms with E-state index in [-0.39, 0.29) is 22.4 Å². The number of hydrogen-bond acceptors (Lipinski definition) is 8. The summed E-state index contributed by atoms with van der Waals surface area (Å²) in [5.74, 6) is -2.14. The third kappa shape index (κ3) is 3.96. The highest BCUT2D eigenvalue weighted by Crippen LogP contribution is 2.39. The van der Waals surface area contributed by atoms with Crippen LogP contribution in [-0.4, -0.2) is 49.4 Å². The Balaban J connectivity index is 2.76. The van der Waals surface area contributed by atoms with Crippen molar-refractivity contribution in [1.29, 1.82) is 0 Å². The van der Waals surface area contributed by atoms with Crippen molar-refractivity contribution in [2.24, 2.45) is 7.05 Å². The number of allylic oxidation sites excluding steroid dienone is 2. The summed E-state index contributed by atoms with van der Waals surface area (Å²) in [5, 5.41) is 2.85. The van der Waals surface area contributed by atoms with Gasteiger partial charge in [-0.25, -0.2) is 23.0 Å². The molecule has 1 aliphatic heterocycles. The number of methoxy groups -OCH3 is 1. The highest BCUT2D eigenvalue weighted by Gasteiger charge is 2.40. The van der Waals surface area contributed by atoms with Gasteiger partial charge < -0.3 is 19.4 Å². The summed E-state index contributed by atoms with van der Waals surface area (Å²) in [4.78, 5) is 29.4. The van der Waals surface area contributed by atoms with E-state index in [0.29, 0.717) is 17.1 Å². The molecule has 0 saturated carbocycles. The first kappa shape index (κ1) is 21.7. The Hall–Kier alpha value is -2.62. The molecule has 0 spiro atoms. The number of carbonyl (C=O) groups is 2. The summed E-state index contributed by atoms with van der Waals surface area (Å²) in [5.41, 5.74) is 1.74. The minimum atomic E-state index is -3.61. The number of nitrogens with one attached hydrogen (secondary N) is 1. The maximum atomic E-state index is 12.8. The molecule has 1 N–H and O–H groups in total. The zero-order chi connectivity index (χ0) is 21.4. The highest BCUT2D eigenvalue weighted by atomic mass is 32.2. The summed E-state index contributed by atoms with van der Waals surface area (Å²) in [6, 6.07) is 0. The molecule has 2 heterocycles. The maximum Gasteiger partial charge on any atom is 0.337 e. The Morgan fingerprint density at radius 1 is 1.18 bits per heavy atom. The molecular formula is C18H25N3O6S. The molecule has 2 rings (SSSR count). The van der Waals surface area contributed by atoms with Gasteiger partial charge in [-0.1, -0.05) is 0 Å². The van der Waals surface area contributed by atoms with Gasteiger partial charge in [-0.3, -0.25) is 0 Å². The van der Waals surface area contributed by atoms with E-state index in [1.807, 2.05) is 0 Å². The maximum absolute atomic E-state index is 12.8. The molecule has 1 atom stereocenters. The van der Waals surface area contributed by atoms with Crippen LogP contribution >= 0.6 is 0 Å². The van der Waals surface area contributed by atoms with Crippen LogP contribution in [0, 0.1) is 0 Å². The van der Waals surface area contributed by atoms with Crippen molar-refractivity contribution in [2.45, 2.75) is 44.9 Å². The average molecular weight is 411 g/mol. The lowest BCUT2D eigenvalue weighted by atomic mass is 9.83. The zero-order valence-electron chi connectivity index (χ0n) is 17.0. The average Bonchev–Trinajstić information content (AvgIpc) is 2.94. The van der Waals surface area contributed by atoms with Crippen molar-refractivity contribution in [2.75, 3.05) is 13.4 Å². The molecule has 0 aromatic carbocycles. The fourth-order valence-electron chi connectivity index (χ4n) is 3.24. The van der Waals surface area contributed by atoms with Crippen LogP contribution in [0.4, 0.5) is 0 Å². The molecule has 0 bridgehead atoms. The van der Waals surface area contributed by atoms with Gasteiger partial charge in [0, 0.05) is 24.7 Å². The monoisotopic (exact) mass is 411 g/mol. The fraction of sp³-hybridized carbons (Fsp3) is 0.500. The molecule has 1 aromatic heterocycles. The van der Waals surface area contributed by atoms with Gasteiger partial charge in [0.1, 0.15) is 0 Å². The number of carbonyl (C=O) groups excluding carboxylic acids is 2. The number of nitrogens with zero attached hydrogens (tertiary/aromatic N) is 2. The number of imidazole rings is 1. The second kappa shape index (κ2) is 7.78. The van der Waals surface area contributed by atoms with Crippen LogP contribution in [0.2, 0.25) is 0 Å². The summed E-state index contributed by atoms with van der Waals surface area (Å²) in [7, 11) is -0.849. The van der Waals surface area contributed by atoms with E-state index >= 15 is 0 Å². The van der Waals surface area contributed by atoms with E-state index in [2.05, 4.69) is 10.3 Å². The van der Waals surface area contributed by atoms with Gasteiger partial charge in [-0.2, -0.15) is 0 Å². The Morgan fingerprint density at radius 2 is 1.71 bits per heavy atom. The lowest BCUT2D eigenvalue weighted by Crippen LogP contribution is -2.33. The van der Waals surface area contributed by atoms with E-state index in [0.717, 1.165) is 6.26 Å². The van der Waals surface area contributed by atoms with Crippen molar-refractivity contribution in [1.82, 2.24) is 14.9 Å². The molecule has 10 heteroatoms. The van der Waals surface area contributed by atoms with Crippen LogP contribution in [0.1, 0.15) is 39.3 Å². The summed E-state index contributed by atoms with van der Waals surface area (Å²) in [6.07, 6.45) is 2.01. The molecule has 0 radical (unpaired) electrons. The predicted octanol–water partition coefficient (Wildman–Crippen LogP) is 1.18. The standard InChI is InChI=1S/C18H25N3O6S/c1-9(2)27-17(23)14-11(4)20-10(3)13(16(22)26-6)15(14)12-8-19-18(21(12)5)28(7,24)25/h8-9,15,20H,1-7H3. The molecule has 0 aliphatic carbocycles. The smallest absolute Gasteiger partial charge is 0.337 e. The summed E-state index contributed by atoms with van der Waals surface area (Å²) in [6.45, 7) is 6.80. The van der Waals surface area contributed by atoms with E-state index in [4.69, 9.17) is 9.47 Å². The number of hydrogen-bond donors (Lipinski definition) is 1. The normalized spacial score (nSPS) is 17.6. The molecular weight excluding hydrogens is 386 g/mol. The first-order chi connectivity index (χ1) is 12.9. The van der Waals surface area contributed by atoms with E-state index in [9.17, 15) is 18.0 Å². The second-order valence-electron chi connectivity index (χ2n) is 6.88. The number of aromatic nitrogens is 2. The van der Waals surface area contributed by atoms with Crippen molar-refractivity contribution in [3.8, 4) is 0 Å². The predicted molar refractivity (Wildman–Crippen MR) is 101 cm³/mol. The highest BCUT2D eigenvalue weighted by molar-refractivity contribution is 7.90. The summed E-state index contributed by atoms with van der Waals surface area (Å²) >= 11 is 0. The van der Waals surface area contributed by atoms with Crippen molar-refractivity contribution < 1.29 is 27.5 Å². The SMILES string of the molecule is COC(=O)C1=C(C)NC(C)=C(C(=O)OC(C)C)C1c1cnc(S(C)(=O)=O)n1C. The van der Waals surface area contributed by atoms with E-state index in [1.165, 1.54) is 24.9 Å². The molecule has 0 saturated heterocycles. The number of dihydropyridines is 1. The number of sulfone groups is 1. The minimum absolute atomic E-state index is 0.169. The van der Waals surface area contributed by atoms with Gasteiger partial charge in [0.25, 0.3) is 0 Å². The van der Waals surface area contributed by atoms with Crippen molar-refractivity contribution in [3.63, 3.8) is 0 Å². The number of ether oxygens (including phenoxy) is 2. The summed E-state index contributed by atoms with van der Waals surface area (Å²) < 4.78 is 35.6. The van der Waals surface area contributed by atoms with Gasteiger partial charge in [0.15, 0.2) is 0 Å². The Kier molecular flexibility index (Phi) is 6.03. The largest absolute Gasteiger partial charge is 0.466 e. The van der Waals surface area contributed by atoms with E-state index in [1.54, 1.807) is 27.7 Å². The third-order valence-electron chi connectivity index (χ3n) is 4.34. The Labute approximate surface area is 164 Å². The second-order valence-corrected chi connectivity index (χ2v) is 8.79. The van der Waals surface area contributed by atoms with Crippen molar-refractivity contribution >= 4 is 21.8 Å². The molecule has 1 aromatic rings. The van der Waals surface area contributed by atoms with Gasteiger partial charge >= 0.3 is 11.9 Å². The number of rotatable bonds is 5. The van der Waals surface area contributed by atoms with Gasteiger partial charge in [-0.05, 0) is 27.7 Å². The molecule has 1 aliphatic rings. The quantitative estimate of drug-likeness (QED) is 0.718. The topological polar surface area (TPSA) is 117 Å². The van der Waals surface area contributed by atoms with E-state index < -0.39 is 27.7 Å². The first-order valence-electron chi connectivity index (χ1n) is 8.59. The van der Waals surface area contributed by atoms with Crippen LogP contribution < -0.4 is 5.32 Å². The molecule has 0 fully saturated rings. The van der Waals surface area contributed by atoms with Crippen LogP contribution in [-0.2, 0) is 35.9 Å². The molecule has 1 unspecified atom stereocenters. The molecule has 0 amide bonds. The fourth-order valence-corrected chi connectivity index (χ4v) is 4.08. The van der Waals surface area contributed by atoms with Crippen molar-refractivity contribution in [3.05, 3.63) is 34.4 Å². The van der Waals surface area contributed by atoms with Gasteiger partial charge in [0.05, 0.1) is 42.2 Å². The van der Waals surface area contributed by atoms with Crippen LogP contribution in [0.5, 0.6) is 0 Å². The first-order valence-corrected chi connectivity index (χ1v) is 10.5. The lowest BCUT2D eigenvalue weighted by Gasteiger charge is -2.30. The van der Waals surface area contributed by atoms with Gasteiger partial charge in [-0.15, -0.1) is 0 Å². The van der Waals surface area contributed by atoms with Crippen LogP contribution in [0.3, 0.4) is 0 Å². The minimum Gasteiger partial charge on any atom is -0.466 e. The molecule has 154 valence electrons. The van der Waals surface area contributed by atoms with Crippen LogP contribution in [0.25, 0.3) is 0 Å². The molecule has 28 heavy (non-hydrogen) atoms. The van der Waals surface area contributed by atoms with Crippen LogP contribution in [0.15, 0.2) is 33.9 Å². The lowest BCUT2D eigenvalue weighted by molar-refractivity contribution is -0.143. The number of esters is 2. The Bertz CT molecular complexity index is 985. The third-order valence-corrected chi connectivity index (χ3v) is 5.38. The molecule has 9 nitrogen and oxygen atoms in total. The zero-order valence-corrected chi connectivity index (χ0v) is 17.8. The Morgan fingerprint density at radius 3 is 2.14 bits per heavy atom. The van der Waals surface area contributed by atoms with Gasteiger partial charge in [0.2, 0.25) is 15.0 Å².